The monoisotopic (exact) mass is 341 g/mol. The maximum atomic E-state index is 12.7. The van der Waals surface area contributed by atoms with Crippen LogP contribution in [0.5, 0.6) is 0 Å². The van der Waals surface area contributed by atoms with E-state index < -0.39 is 0 Å². The number of aryl methyl sites for hydroxylation is 2. The molecule has 0 unspecified atom stereocenters. The molecule has 0 bridgehead atoms. The van der Waals surface area contributed by atoms with Crippen molar-refractivity contribution in [3.8, 4) is 11.4 Å². The van der Waals surface area contributed by atoms with Crippen molar-refractivity contribution >= 4 is 5.91 Å². The van der Waals surface area contributed by atoms with Gasteiger partial charge in [0.25, 0.3) is 5.91 Å². The second kappa shape index (κ2) is 6.92. The highest BCUT2D eigenvalue weighted by molar-refractivity contribution is 5.93. The Labute approximate surface area is 146 Å². The van der Waals surface area contributed by atoms with E-state index in [1.165, 1.54) is 6.33 Å². The zero-order valence-corrected chi connectivity index (χ0v) is 14.9. The van der Waals surface area contributed by atoms with E-state index in [0.29, 0.717) is 11.6 Å². The van der Waals surface area contributed by atoms with Crippen LogP contribution in [-0.4, -0.2) is 35.4 Å². The average Bonchev–Trinajstić information content (AvgIpc) is 3.26. The number of aromatic nitrogens is 6. The van der Waals surface area contributed by atoms with Crippen LogP contribution in [0.1, 0.15) is 42.6 Å². The van der Waals surface area contributed by atoms with Crippen molar-refractivity contribution in [1.82, 2.24) is 34.8 Å². The van der Waals surface area contributed by atoms with Gasteiger partial charge in [0, 0.05) is 20.3 Å². The molecule has 0 aliphatic rings. The van der Waals surface area contributed by atoms with Crippen LogP contribution < -0.4 is 5.32 Å². The zero-order chi connectivity index (χ0) is 18.0. The molecule has 3 heterocycles. The van der Waals surface area contributed by atoms with Gasteiger partial charge in [0.1, 0.15) is 23.5 Å². The first-order valence-corrected chi connectivity index (χ1v) is 8.27. The van der Waals surface area contributed by atoms with Gasteiger partial charge >= 0.3 is 0 Å². The smallest absolute Gasteiger partial charge is 0.269 e. The number of nitrogens with zero attached hydrogens (tertiary/aromatic N) is 5. The molecule has 8 nitrogen and oxygen atoms in total. The molecule has 0 saturated carbocycles. The van der Waals surface area contributed by atoms with E-state index in [0.717, 1.165) is 23.6 Å². The minimum absolute atomic E-state index is 0.207. The van der Waals surface area contributed by atoms with Gasteiger partial charge in [0.15, 0.2) is 0 Å². The minimum Gasteiger partial charge on any atom is -0.349 e. The molecule has 132 valence electrons. The molecule has 0 radical (unpaired) electrons. The highest BCUT2D eigenvalue weighted by Crippen LogP contribution is 2.21. The maximum absolute atomic E-state index is 12.7. The first-order valence-electron chi connectivity index (χ1n) is 8.27. The topological polar surface area (TPSA) is 93.4 Å². The standard InChI is InChI=1S/C17H23N7O/c1-11(2)8-13(16-18-10-19-24(16)4)20-17(25)14-9-12(21-22-14)15-6-5-7-23(15)3/h5-7,9-11,13H,8H2,1-4H3,(H,20,25)(H,21,22)/t13-/m1/s1. The lowest BCUT2D eigenvalue weighted by Crippen LogP contribution is -2.31. The Balaban J connectivity index is 1.79. The Morgan fingerprint density at radius 3 is 2.76 bits per heavy atom. The highest BCUT2D eigenvalue weighted by atomic mass is 16.2. The summed E-state index contributed by atoms with van der Waals surface area (Å²) in [6.45, 7) is 4.22. The Hall–Kier alpha value is -2.90. The van der Waals surface area contributed by atoms with E-state index in [1.54, 1.807) is 10.7 Å². The average molecular weight is 341 g/mol. The summed E-state index contributed by atoms with van der Waals surface area (Å²) in [5.41, 5.74) is 2.10. The van der Waals surface area contributed by atoms with Crippen molar-refractivity contribution in [2.24, 2.45) is 20.0 Å². The quantitative estimate of drug-likeness (QED) is 0.718. The van der Waals surface area contributed by atoms with Crippen molar-refractivity contribution in [1.29, 1.82) is 0 Å². The van der Waals surface area contributed by atoms with E-state index in [1.807, 2.05) is 37.0 Å². The van der Waals surface area contributed by atoms with Crippen LogP contribution >= 0.6 is 0 Å². The number of hydrogen-bond donors (Lipinski definition) is 2. The number of H-pyrrole nitrogens is 1. The Bertz CT molecular complexity index is 858. The number of aromatic amines is 1. The van der Waals surface area contributed by atoms with E-state index in [4.69, 9.17) is 0 Å². The molecular weight excluding hydrogens is 318 g/mol. The summed E-state index contributed by atoms with van der Waals surface area (Å²) < 4.78 is 3.65. The molecule has 3 rings (SSSR count). The fourth-order valence-corrected chi connectivity index (χ4v) is 2.85. The molecule has 25 heavy (non-hydrogen) atoms. The van der Waals surface area contributed by atoms with Crippen LogP contribution in [0.4, 0.5) is 0 Å². The number of nitrogens with one attached hydrogen (secondary N) is 2. The molecule has 2 N–H and O–H groups in total. The summed E-state index contributed by atoms with van der Waals surface area (Å²) >= 11 is 0. The van der Waals surface area contributed by atoms with Gasteiger partial charge < -0.3 is 9.88 Å². The lowest BCUT2D eigenvalue weighted by Gasteiger charge is -2.19. The van der Waals surface area contributed by atoms with E-state index in [9.17, 15) is 4.79 Å². The fraction of sp³-hybridized carbons (Fsp3) is 0.412. The predicted molar refractivity (Wildman–Crippen MR) is 93.7 cm³/mol. The number of amides is 1. The molecule has 0 aliphatic heterocycles. The Morgan fingerprint density at radius 2 is 2.16 bits per heavy atom. The molecule has 0 aliphatic carbocycles. The van der Waals surface area contributed by atoms with Crippen LogP contribution in [0, 0.1) is 5.92 Å². The van der Waals surface area contributed by atoms with Crippen molar-refractivity contribution < 1.29 is 4.79 Å². The first-order chi connectivity index (χ1) is 12.0. The summed E-state index contributed by atoms with van der Waals surface area (Å²) in [4.78, 5) is 16.9. The Morgan fingerprint density at radius 1 is 1.36 bits per heavy atom. The predicted octanol–water partition coefficient (Wildman–Crippen LogP) is 2.06. The van der Waals surface area contributed by atoms with E-state index in [-0.39, 0.29) is 11.9 Å². The van der Waals surface area contributed by atoms with Crippen molar-refractivity contribution in [2.45, 2.75) is 26.3 Å². The molecular formula is C17H23N7O. The van der Waals surface area contributed by atoms with E-state index >= 15 is 0 Å². The van der Waals surface area contributed by atoms with Crippen LogP contribution in [0.2, 0.25) is 0 Å². The molecule has 0 fully saturated rings. The van der Waals surface area contributed by atoms with Crippen molar-refractivity contribution in [3.05, 3.63) is 42.2 Å². The maximum Gasteiger partial charge on any atom is 0.269 e. The largest absolute Gasteiger partial charge is 0.349 e. The molecule has 1 atom stereocenters. The van der Waals surface area contributed by atoms with E-state index in [2.05, 4.69) is 39.4 Å². The van der Waals surface area contributed by atoms with Crippen LogP contribution in [-0.2, 0) is 14.1 Å². The van der Waals surface area contributed by atoms with Gasteiger partial charge in [-0.2, -0.15) is 10.2 Å². The summed E-state index contributed by atoms with van der Waals surface area (Å²) in [5.74, 6) is 0.938. The van der Waals surface area contributed by atoms with Crippen molar-refractivity contribution in [2.75, 3.05) is 0 Å². The number of rotatable bonds is 6. The normalized spacial score (nSPS) is 12.5. The van der Waals surface area contributed by atoms with Crippen LogP contribution in [0.3, 0.4) is 0 Å². The molecule has 8 heteroatoms. The lowest BCUT2D eigenvalue weighted by molar-refractivity contribution is 0.0924. The van der Waals surface area contributed by atoms with Gasteiger partial charge in [0.2, 0.25) is 0 Å². The third-order valence-corrected chi connectivity index (χ3v) is 4.10. The molecule has 0 saturated heterocycles. The molecule has 3 aromatic rings. The van der Waals surface area contributed by atoms with Gasteiger partial charge in [-0.1, -0.05) is 13.8 Å². The number of carbonyl (C=O) groups excluding carboxylic acids is 1. The summed E-state index contributed by atoms with van der Waals surface area (Å²) in [6, 6.07) is 5.45. The minimum atomic E-state index is -0.207. The second-order valence-corrected chi connectivity index (χ2v) is 6.57. The fourth-order valence-electron chi connectivity index (χ4n) is 2.85. The molecule has 1 amide bonds. The first kappa shape index (κ1) is 16.9. The second-order valence-electron chi connectivity index (χ2n) is 6.57. The summed E-state index contributed by atoms with van der Waals surface area (Å²) in [6.07, 6.45) is 4.21. The zero-order valence-electron chi connectivity index (χ0n) is 14.9. The van der Waals surface area contributed by atoms with Gasteiger partial charge in [-0.3, -0.25) is 14.6 Å². The summed E-state index contributed by atoms with van der Waals surface area (Å²) in [5, 5.41) is 14.2. The number of hydrogen-bond acceptors (Lipinski definition) is 4. The van der Waals surface area contributed by atoms with Crippen LogP contribution in [0.15, 0.2) is 30.7 Å². The lowest BCUT2D eigenvalue weighted by atomic mass is 10.0. The van der Waals surface area contributed by atoms with Gasteiger partial charge in [-0.05, 0) is 30.5 Å². The SMILES string of the molecule is CC(C)C[C@@H](NC(=O)c1cc(-c2cccn2C)n[nH]1)c1ncnn1C. The molecule has 0 aromatic carbocycles. The highest BCUT2D eigenvalue weighted by Gasteiger charge is 2.22. The van der Waals surface area contributed by atoms with Gasteiger partial charge in [0.05, 0.1) is 11.7 Å². The number of carbonyl (C=O) groups is 1. The third kappa shape index (κ3) is 3.62. The van der Waals surface area contributed by atoms with Crippen molar-refractivity contribution in [3.63, 3.8) is 0 Å². The molecule has 3 aromatic heterocycles. The van der Waals surface area contributed by atoms with Crippen LogP contribution in [0.25, 0.3) is 11.4 Å². The molecule has 0 spiro atoms. The van der Waals surface area contributed by atoms with Gasteiger partial charge in [-0.15, -0.1) is 0 Å². The Kier molecular flexibility index (Phi) is 4.69. The van der Waals surface area contributed by atoms with Gasteiger partial charge in [-0.25, -0.2) is 4.98 Å². The summed E-state index contributed by atoms with van der Waals surface area (Å²) in [7, 11) is 3.77. The third-order valence-electron chi connectivity index (χ3n) is 4.10.